The number of aliphatic hydroxyl groups excluding tert-OH is 4. The molecule has 0 amide bonds. The number of hydrogen-bond donors (Lipinski definition) is 4. The van der Waals surface area contributed by atoms with Crippen LogP contribution in [0.5, 0.6) is 0 Å². The molecule has 7 heteroatoms. The highest BCUT2D eigenvalue weighted by Crippen LogP contribution is 2.24. The van der Waals surface area contributed by atoms with Crippen LogP contribution >= 0.6 is 0 Å². The molecule has 1 heterocycles. The van der Waals surface area contributed by atoms with Crippen molar-refractivity contribution in [1.29, 1.82) is 0 Å². The van der Waals surface area contributed by atoms with Gasteiger partial charge in [0.15, 0.2) is 6.23 Å². The number of hydrogen-bond acceptors (Lipinski definition) is 7. The molecule has 0 radical (unpaired) electrons. The van der Waals surface area contributed by atoms with Gasteiger partial charge in [-0.25, -0.2) is 0 Å². The molecule has 0 aliphatic carbocycles. The number of benzene rings is 1. The number of aliphatic hydroxyl groups is 4. The fraction of sp³-hybridized carbons (Fsp3) is 0.600. The Labute approximate surface area is 129 Å². The Morgan fingerprint density at radius 2 is 1.77 bits per heavy atom. The molecular formula is C15H23NO6. The second kappa shape index (κ2) is 7.98. The standard InChI is InChI=1S/C15H23NO6/c1-2-16(21-9-10-6-4-3-5-7-10)15-14(20)13(19)12(18)11(8-17)22-15/h3-7,11-15,17-20H,2,8-9H2,1H3/t11-,12+,13+,14-,15-/m1/s1. The molecule has 1 aromatic carbocycles. The highest BCUT2D eigenvalue weighted by molar-refractivity contribution is 5.13. The summed E-state index contributed by atoms with van der Waals surface area (Å²) in [6.45, 7) is 2.03. The van der Waals surface area contributed by atoms with Crippen molar-refractivity contribution in [3.63, 3.8) is 0 Å². The predicted octanol–water partition coefficient (Wildman–Crippen LogP) is -0.760. The monoisotopic (exact) mass is 313 g/mol. The highest BCUT2D eigenvalue weighted by atomic mass is 16.7. The highest BCUT2D eigenvalue weighted by Gasteiger charge is 2.45. The molecule has 0 unspecified atom stereocenters. The quantitative estimate of drug-likeness (QED) is 0.512. The molecule has 1 saturated heterocycles. The fourth-order valence-corrected chi connectivity index (χ4v) is 2.40. The topological polar surface area (TPSA) is 103 Å². The van der Waals surface area contributed by atoms with Crippen molar-refractivity contribution in [3.8, 4) is 0 Å². The molecular weight excluding hydrogens is 290 g/mol. The van der Waals surface area contributed by atoms with E-state index in [1.807, 2.05) is 37.3 Å². The van der Waals surface area contributed by atoms with Crippen LogP contribution in [0.25, 0.3) is 0 Å². The van der Waals surface area contributed by atoms with Gasteiger partial charge in [-0.15, -0.1) is 0 Å². The van der Waals surface area contributed by atoms with Crippen LogP contribution in [0, 0.1) is 0 Å². The first-order valence-electron chi connectivity index (χ1n) is 7.32. The average molecular weight is 313 g/mol. The zero-order valence-electron chi connectivity index (χ0n) is 12.4. The number of rotatable bonds is 6. The molecule has 4 N–H and O–H groups in total. The summed E-state index contributed by atoms with van der Waals surface area (Å²) >= 11 is 0. The predicted molar refractivity (Wildman–Crippen MR) is 77.4 cm³/mol. The lowest BCUT2D eigenvalue weighted by molar-refractivity contribution is -0.337. The first-order chi connectivity index (χ1) is 10.6. The number of ether oxygens (including phenoxy) is 1. The molecule has 1 fully saturated rings. The minimum atomic E-state index is -1.41. The third-order valence-corrected chi connectivity index (χ3v) is 3.70. The largest absolute Gasteiger partial charge is 0.394 e. The Morgan fingerprint density at radius 3 is 2.36 bits per heavy atom. The Kier molecular flexibility index (Phi) is 6.27. The van der Waals surface area contributed by atoms with Crippen molar-refractivity contribution in [2.75, 3.05) is 13.2 Å². The molecule has 22 heavy (non-hydrogen) atoms. The van der Waals surface area contributed by atoms with E-state index in [1.165, 1.54) is 5.06 Å². The Bertz CT molecular complexity index is 443. The Morgan fingerprint density at radius 1 is 1.09 bits per heavy atom. The second-order valence-electron chi connectivity index (χ2n) is 5.21. The van der Waals surface area contributed by atoms with Gasteiger partial charge in [0.05, 0.1) is 13.2 Å². The van der Waals surface area contributed by atoms with Crippen LogP contribution < -0.4 is 0 Å². The SMILES string of the molecule is CCN(OCc1ccccc1)[C@@H]1O[C@H](CO)[C@H](O)[C@H](O)[C@H]1O. The van der Waals surface area contributed by atoms with Crippen LogP contribution in [-0.2, 0) is 16.2 Å². The molecule has 124 valence electrons. The van der Waals surface area contributed by atoms with Gasteiger partial charge < -0.3 is 25.2 Å². The summed E-state index contributed by atoms with van der Waals surface area (Å²) in [4.78, 5) is 5.64. The van der Waals surface area contributed by atoms with Gasteiger partial charge in [-0.2, -0.15) is 5.06 Å². The summed E-state index contributed by atoms with van der Waals surface area (Å²) in [6.07, 6.45) is -6.04. The number of likely N-dealkylation sites (N-methyl/N-ethyl adjacent to an activating group) is 1. The summed E-state index contributed by atoms with van der Waals surface area (Å²) in [5.74, 6) is 0. The normalized spacial score (nSPS) is 32.4. The van der Waals surface area contributed by atoms with Gasteiger partial charge in [0.1, 0.15) is 24.4 Å². The molecule has 5 atom stereocenters. The van der Waals surface area contributed by atoms with Crippen molar-refractivity contribution in [2.45, 2.75) is 44.2 Å². The molecule has 0 saturated carbocycles. The van der Waals surface area contributed by atoms with Crippen molar-refractivity contribution in [3.05, 3.63) is 35.9 Å². The van der Waals surface area contributed by atoms with Crippen molar-refractivity contribution >= 4 is 0 Å². The minimum Gasteiger partial charge on any atom is -0.394 e. The van der Waals surface area contributed by atoms with Gasteiger partial charge in [-0.3, -0.25) is 4.84 Å². The number of nitrogens with zero attached hydrogens (tertiary/aromatic N) is 1. The minimum absolute atomic E-state index is 0.281. The lowest BCUT2D eigenvalue weighted by atomic mass is 9.98. The van der Waals surface area contributed by atoms with Crippen LogP contribution in [0.3, 0.4) is 0 Å². The molecule has 7 nitrogen and oxygen atoms in total. The summed E-state index contributed by atoms with van der Waals surface area (Å²) in [5, 5.41) is 40.3. The summed E-state index contributed by atoms with van der Waals surface area (Å²) in [7, 11) is 0. The molecule has 0 bridgehead atoms. The molecule has 1 aliphatic rings. The van der Waals surface area contributed by atoms with Gasteiger partial charge in [0.2, 0.25) is 0 Å². The first-order valence-corrected chi connectivity index (χ1v) is 7.32. The molecule has 1 aromatic rings. The second-order valence-corrected chi connectivity index (χ2v) is 5.21. The average Bonchev–Trinajstić information content (AvgIpc) is 2.56. The van der Waals surface area contributed by atoms with E-state index in [4.69, 9.17) is 9.57 Å². The molecule has 0 spiro atoms. The van der Waals surface area contributed by atoms with E-state index in [9.17, 15) is 20.4 Å². The van der Waals surface area contributed by atoms with Gasteiger partial charge in [-0.05, 0) is 12.5 Å². The van der Waals surface area contributed by atoms with Crippen LogP contribution in [0.4, 0.5) is 0 Å². The zero-order valence-corrected chi connectivity index (χ0v) is 12.4. The summed E-state index contributed by atoms with van der Waals surface area (Å²) in [5.41, 5.74) is 0.950. The van der Waals surface area contributed by atoms with Gasteiger partial charge in [0, 0.05) is 6.54 Å². The van der Waals surface area contributed by atoms with E-state index < -0.39 is 37.3 Å². The summed E-state index contributed by atoms with van der Waals surface area (Å²) in [6, 6.07) is 9.49. The third-order valence-electron chi connectivity index (χ3n) is 3.70. The van der Waals surface area contributed by atoms with Crippen molar-refractivity contribution < 1.29 is 30.0 Å². The van der Waals surface area contributed by atoms with E-state index in [0.29, 0.717) is 6.54 Å². The maximum Gasteiger partial charge on any atom is 0.162 e. The van der Waals surface area contributed by atoms with Gasteiger partial charge >= 0.3 is 0 Å². The zero-order chi connectivity index (χ0) is 16.1. The first kappa shape index (κ1) is 17.3. The van der Waals surface area contributed by atoms with E-state index >= 15 is 0 Å². The van der Waals surface area contributed by atoms with Crippen molar-refractivity contribution in [1.82, 2.24) is 5.06 Å². The Balaban J connectivity index is 2.02. The fourth-order valence-electron chi connectivity index (χ4n) is 2.40. The van der Waals surface area contributed by atoms with E-state index in [-0.39, 0.29) is 6.61 Å². The van der Waals surface area contributed by atoms with E-state index in [1.54, 1.807) is 0 Å². The summed E-state index contributed by atoms with van der Waals surface area (Å²) < 4.78 is 5.46. The smallest absolute Gasteiger partial charge is 0.162 e. The lowest BCUT2D eigenvalue weighted by Gasteiger charge is -2.43. The Hall–Kier alpha value is -1.06. The third kappa shape index (κ3) is 3.82. The van der Waals surface area contributed by atoms with Crippen LogP contribution in [0.1, 0.15) is 12.5 Å². The van der Waals surface area contributed by atoms with Gasteiger partial charge in [-0.1, -0.05) is 30.3 Å². The van der Waals surface area contributed by atoms with E-state index in [0.717, 1.165) is 5.56 Å². The van der Waals surface area contributed by atoms with Crippen LogP contribution in [-0.4, -0.2) is 69.3 Å². The maximum atomic E-state index is 10.1. The van der Waals surface area contributed by atoms with Crippen molar-refractivity contribution in [2.24, 2.45) is 0 Å². The van der Waals surface area contributed by atoms with Crippen LogP contribution in [0.15, 0.2) is 30.3 Å². The molecule has 0 aromatic heterocycles. The van der Waals surface area contributed by atoms with Crippen LogP contribution in [0.2, 0.25) is 0 Å². The number of hydroxylamine groups is 2. The van der Waals surface area contributed by atoms with E-state index in [2.05, 4.69) is 0 Å². The molecule has 1 aliphatic heterocycles. The maximum absolute atomic E-state index is 10.1. The molecule has 2 rings (SSSR count). The lowest BCUT2D eigenvalue weighted by Crippen LogP contribution is -2.63. The van der Waals surface area contributed by atoms with Gasteiger partial charge in [0.25, 0.3) is 0 Å².